The molecule has 0 unspecified atom stereocenters. The second-order valence-corrected chi connectivity index (χ2v) is 6.95. The molecule has 3 aromatic rings. The number of halogens is 1. The largest absolute Gasteiger partial charge is 0.481 e. The van der Waals surface area contributed by atoms with E-state index in [2.05, 4.69) is 23.9 Å². The lowest BCUT2D eigenvalue weighted by Gasteiger charge is -2.06. The minimum absolute atomic E-state index is 0.224. The first-order valence-corrected chi connectivity index (χ1v) is 8.74. The summed E-state index contributed by atoms with van der Waals surface area (Å²) in [6, 6.07) is 7.31. The fourth-order valence-electron chi connectivity index (χ4n) is 2.73. The molecule has 0 aliphatic heterocycles. The van der Waals surface area contributed by atoms with Gasteiger partial charge in [-0.25, -0.2) is 4.98 Å². The zero-order valence-corrected chi connectivity index (χ0v) is 15.6. The van der Waals surface area contributed by atoms with Crippen LogP contribution in [0.25, 0.3) is 22.7 Å². The predicted octanol–water partition coefficient (Wildman–Crippen LogP) is 4.66. The van der Waals surface area contributed by atoms with Gasteiger partial charge in [-0.2, -0.15) is 5.10 Å². The van der Waals surface area contributed by atoms with Gasteiger partial charge in [-0.05, 0) is 31.1 Å². The van der Waals surface area contributed by atoms with Gasteiger partial charge < -0.3 is 9.52 Å². The van der Waals surface area contributed by atoms with Crippen LogP contribution in [0.4, 0.5) is 0 Å². The zero-order chi connectivity index (χ0) is 18.8. The summed E-state index contributed by atoms with van der Waals surface area (Å²) in [6.45, 7) is 6.69. The van der Waals surface area contributed by atoms with Crippen molar-refractivity contribution in [2.75, 3.05) is 0 Å². The topological polar surface area (TPSA) is 81.2 Å². The zero-order valence-electron chi connectivity index (χ0n) is 14.9. The summed E-state index contributed by atoms with van der Waals surface area (Å²) in [7, 11) is 0. The number of carboxylic acid groups (broad SMARTS) is 1. The average molecular weight is 374 g/mol. The molecule has 0 atom stereocenters. The third kappa shape index (κ3) is 3.80. The van der Waals surface area contributed by atoms with Crippen LogP contribution in [0.2, 0.25) is 5.15 Å². The maximum absolute atomic E-state index is 11.3. The van der Waals surface area contributed by atoms with Gasteiger partial charge in [0, 0.05) is 17.7 Å². The molecular formula is C19H20ClN3O3. The summed E-state index contributed by atoms with van der Waals surface area (Å²) < 4.78 is 7.48. The lowest BCUT2D eigenvalue weighted by atomic mass is 10.1. The first-order chi connectivity index (χ1) is 12.3. The number of aryl methyl sites for hydroxylation is 1. The van der Waals surface area contributed by atoms with Crippen molar-refractivity contribution < 1.29 is 14.3 Å². The Labute approximate surface area is 156 Å². The number of para-hydroxylation sites is 2. The van der Waals surface area contributed by atoms with Gasteiger partial charge in [0.1, 0.15) is 10.7 Å². The molecule has 2 aromatic heterocycles. The fourth-order valence-corrected chi connectivity index (χ4v) is 3.03. The first-order valence-electron chi connectivity index (χ1n) is 8.36. The third-order valence-corrected chi connectivity index (χ3v) is 4.27. The van der Waals surface area contributed by atoms with Gasteiger partial charge >= 0.3 is 5.97 Å². The van der Waals surface area contributed by atoms with E-state index >= 15 is 0 Å². The van der Waals surface area contributed by atoms with Crippen molar-refractivity contribution in [3.8, 4) is 0 Å². The highest BCUT2D eigenvalue weighted by molar-refractivity contribution is 6.31. The van der Waals surface area contributed by atoms with Crippen LogP contribution in [0.5, 0.6) is 0 Å². The third-order valence-electron chi connectivity index (χ3n) is 3.88. The molecule has 6 nitrogen and oxygen atoms in total. The van der Waals surface area contributed by atoms with E-state index in [1.165, 1.54) is 0 Å². The number of fused-ring (bicyclic) bond motifs is 1. The van der Waals surface area contributed by atoms with Gasteiger partial charge in [-0.3, -0.25) is 9.48 Å². The van der Waals surface area contributed by atoms with Gasteiger partial charge in [0.05, 0.1) is 12.1 Å². The molecule has 0 aliphatic rings. The Bertz CT molecular complexity index is 952. The number of nitrogens with zero attached hydrogens (tertiary/aromatic N) is 3. The Hall–Kier alpha value is -2.60. The van der Waals surface area contributed by atoms with E-state index in [1.807, 2.05) is 25.1 Å². The highest BCUT2D eigenvalue weighted by atomic mass is 35.5. The number of carboxylic acids is 1. The molecular weight excluding hydrogens is 354 g/mol. The molecule has 1 N–H and O–H groups in total. The fraction of sp³-hybridized carbons (Fsp3) is 0.316. The number of hydrogen-bond acceptors (Lipinski definition) is 4. The van der Waals surface area contributed by atoms with Crippen molar-refractivity contribution in [1.82, 2.24) is 14.8 Å². The molecule has 7 heteroatoms. The smallest absolute Gasteiger partial charge is 0.308 e. The number of aliphatic carboxylic acids is 1. The van der Waals surface area contributed by atoms with Gasteiger partial charge in [0.15, 0.2) is 5.58 Å². The SMILES string of the molecule is Cc1nn(CC(C)C)c(Cl)c1/C=C(\CC(=O)O)c1nc2ccccc2o1. The summed E-state index contributed by atoms with van der Waals surface area (Å²) in [6.07, 6.45) is 1.48. The van der Waals surface area contributed by atoms with Crippen molar-refractivity contribution in [3.05, 3.63) is 46.6 Å². The molecule has 3 rings (SSSR count). The number of benzene rings is 1. The summed E-state index contributed by atoms with van der Waals surface area (Å²) in [5.41, 5.74) is 3.15. The number of aromatic nitrogens is 3. The highest BCUT2D eigenvalue weighted by Gasteiger charge is 2.18. The molecule has 2 heterocycles. The Morgan fingerprint density at radius 3 is 2.77 bits per heavy atom. The minimum Gasteiger partial charge on any atom is -0.481 e. The van der Waals surface area contributed by atoms with Crippen LogP contribution >= 0.6 is 11.6 Å². The normalized spacial score (nSPS) is 12.3. The molecule has 0 fully saturated rings. The summed E-state index contributed by atoms with van der Waals surface area (Å²) >= 11 is 6.48. The molecule has 0 saturated carbocycles. The average Bonchev–Trinajstić information content (AvgIpc) is 3.10. The quantitative estimate of drug-likeness (QED) is 0.679. The van der Waals surface area contributed by atoms with Crippen LogP contribution in [0.3, 0.4) is 0 Å². The summed E-state index contributed by atoms with van der Waals surface area (Å²) in [5, 5.41) is 14.2. The molecule has 0 saturated heterocycles. The van der Waals surface area contributed by atoms with Crippen LogP contribution in [0.1, 0.15) is 37.4 Å². The van der Waals surface area contributed by atoms with Crippen LogP contribution in [0, 0.1) is 12.8 Å². The molecule has 0 spiro atoms. The summed E-state index contributed by atoms with van der Waals surface area (Å²) in [4.78, 5) is 15.8. The monoisotopic (exact) mass is 373 g/mol. The van der Waals surface area contributed by atoms with E-state index in [9.17, 15) is 9.90 Å². The molecule has 0 aliphatic carbocycles. The van der Waals surface area contributed by atoms with Crippen LogP contribution in [-0.2, 0) is 11.3 Å². The molecule has 0 amide bonds. The number of carbonyl (C=O) groups is 1. The molecule has 1 aromatic carbocycles. The Morgan fingerprint density at radius 2 is 2.12 bits per heavy atom. The van der Waals surface area contributed by atoms with E-state index in [0.29, 0.717) is 39.9 Å². The van der Waals surface area contributed by atoms with Crippen molar-refractivity contribution in [2.24, 2.45) is 5.92 Å². The maximum atomic E-state index is 11.3. The van der Waals surface area contributed by atoms with Crippen molar-refractivity contribution in [2.45, 2.75) is 33.7 Å². The van der Waals surface area contributed by atoms with E-state index in [0.717, 1.165) is 5.69 Å². The number of hydrogen-bond donors (Lipinski definition) is 1. The van der Waals surface area contributed by atoms with E-state index in [4.69, 9.17) is 16.0 Å². The van der Waals surface area contributed by atoms with Crippen molar-refractivity contribution in [3.63, 3.8) is 0 Å². The lowest BCUT2D eigenvalue weighted by Crippen LogP contribution is -2.06. The van der Waals surface area contributed by atoms with Crippen molar-refractivity contribution in [1.29, 1.82) is 0 Å². The standard InChI is InChI=1S/C19H20ClN3O3/c1-11(2)10-23-18(20)14(12(3)22-23)8-13(9-17(24)25)19-21-15-6-4-5-7-16(15)26-19/h4-8,11H,9-10H2,1-3H3,(H,24,25)/b13-8+. The lowest BCUT2D eigenvalue weighted by molar-refractivity contribution is -0.135. The Kier molecular flexibility index (Phi) is 5.13. The van der Waals surface area contributed by atoms with Crippen LogP contribution in [0.15, 0.2) is 28.7 Å². The van der Waals surface area contributed by atoms with Crippen LogP contribution < -0.4 is 0 Å². The second-order valence-electron chi connectivity index (χ2n) is 6.59. The highest BCUT2D eigenvalue weighted by Crippen LogP contribution is 2.29. The van der Waals surface area contributed by atoms with Crippen LogP contribution in [-0.4, -0.2) is 25.8 Å². The van der Waals surface area contributed by atoms with E-state index in [-0.39, 0.29) is 12.3 Å². The second kappa shape index (κ2) is 7.33. The molecule has 26 heavy (non-hydrogen) atoms. The maximum Gasteiger partial charge on any atom is 0.308 e. The Balaban J connectivity index is 2.08. The minimum atomic E-state index is -0.971. The van der Waals surface area contributed by atoms with Gasteiger partial charge in [-0.15, -0.1) is 0 Å². The number of oxazole rings is 1. The van der Waals surface area contributed by atoms with Gasteiger partial charge in [0.2, 0.25) is 5.89 Å². The van der Waals surface area contributed by atoms with E-state index in [1.54, 1.807) is 16.8 Å². The molecule has 0 radical (unpaired) electrons. The summed E-state index contributed by atoms with van der Waals surface area (Å²) in [5.74, 6) is -0.304. The molecule has 136 valence electrons. The van der Waals surface area contributed by atoms with Gasteiger partial charge in [0.25, 0.3) is 0 Å². The molecule has 0 bridgehead atoms. The van der Waals surface area contributed by atoms with Crippen molar-refractivity contribution >= 4 is 40.3 Å². The number of rotatable bonds is 6. The Morgan fingerprint density at radius 1 is 1.38 bits per heavy atom. The van der Waals surface area contributed by atoms with E-state index < -0.39 is 5.97 Å². The predicted molar refractivity (Wildman–Crippen MR) is 101 cm³/mol. The first kappa shape index (κ1) is 18.2. The van der Waals surface area contributed by atoms with Gasteiger partial charge in [-0.1, -0.05) is 37.6 Å².